The van der Waals surface area contributed by atoms with E-state index in [0.29, 0.717) is 11.5 Å². The number of aldehydes is 1. The number of carbonyl (C=O) groups excluding carboxylic acids is 2. The van der Waals surface area contributed by atoms with Gasteiger partial charge in [0.05, 0.1) is 20.0 Å². The highest BCUT2D eigenvalue weighted by atomic mass is 16.5. The van der Waals surface area contributed by atoms with E-state index in [-0.39, 0.29) is 12.8 Å². The van der Waals surface area contributed by atoms with Gasteiger partial charge in [0.1, 0.15) is 5.76 Å². The summed E-state index contributed by atoms with van der Waals surface area (Å²) >= 11 is 0. The van der Waals surface area contributed by atoms with Gasteiger partial charge in [0, 0.05) is 12.1 Å². The number of hydrogen-bond donors (Lipinski definition) is 1. The van der Waals surface area contributed by atoms with Gasteiger partial charge in [-0.15, -0.1) is 0 Å². The Bertz CT molecular complexity index is 356. The molecular weight excluding hydrogens is 222 g/mol. The van der Waals surface area contributed by atoms with Gasteiger partial charge < -0.3 is 14.8 Å². The van der Waals surface area contributed by atoms with Crippen LogP contribution in [0.4, 0.5) is 0 Å². The molecule has 0 spiro atoms. The number of carbonyl (C=O) groups is 2. The van der Waals surface area contributed by atoms with Crippen LogP contribution in [0.15, 0.2) is 35.8 Å². The van der Waals surface area contributed by atoms with Crippen molar-refractivity contribution in [2.75, 3.05) is 20.8 Å². The van der Waals surface area contributed by atoms with Gasteiger partial charge in [0.15, 0.2) is 0 Å². The van der Waals surface area contributed by atoms with Crippen molar-refractivity contribution in [1.29, 1.82) is 0 Å². The molecule has 0 atom stereocenters. The second kappa shape index (κ2) is 8.15. The molecule has 17 heavy (non-hydrogen) atoms. The Labute approximate surface area is 101 Å². The van der Waals surface area contributed by atoms with Gasteiger partial charge in [-0.2, -0.15) is 0 Å². The van der Waals surface area contributed by atoms with E-state index < -0.39 is 5.91 Å². The summed E-state index contributed by atoms with van der Waals surface area (Å²) in [6.45, 7) is 5.58. The molecule has 0 radical (unpaired) electrons. The maximum absolute atomic E-state index is 10.8. The lowest BCUT2D eigenvalue weighted by atomic mass is 10.2. The van der Waals surface area contributed by atoms with Crippen molar-refractivity contribution in [3.63, 3.8) is 0 Å². The molecule has 0 aliphatic heterocycles. The number of allylic oxidation sites excluding steroid dienone is 2. The Morgan fingerprint density at radius 3 is 2.41 bits per heavy atom. The largest absolute Gasteiger partial charge is 0.501 e. The van der Waals surface area contributed by atoms with Crippen LogP contribution in [0.25, 0.3) is 0 Å². The maximum Gasteiger partial charge on any atom is 0.284 e. The molecule has 0 saturated carbocycles. The predicted molar refractivity (Wildman–Crippen MR) is 64.1 cm³/mol. The molecule has 94 valence electrons. The molecule has 0 aliphatic rings. The average molecular weight is 239 g/mol. The van der Waals surface area contributed by atoms with E-state index in [0.717, 1.165) is 5.57 Å². The van der Waals surface area contributed by atoms with Crippen molar-refractivity contribution in [1.82, 2.24) is 5.32 Å². The van der Waals surface area contributed by atoms with Crippen molar-refractivity contribution in [2.45, 2.75) is 6.92 Å². The van der Waals surface area contributed by atoms with Gasteiger partial charge in [0.2, 0.25) is 6.29 Å². The summed E-state index contributed by atoms with van der Waals surface area (Å²) in [5.41, 5.74) is 0.723. The SMILES string of the molecule is C=C(/C=C\C(CNC(=O)C=O)=C(/C)OC)OC. The van der Waals surface area contributed by atoms with E-state index in [4.69, 9.17) is 9.47 Å². The highest BCUT2D eigenvalue weighted by molar-refractivity contribution is 6.23. The van der Waals surface area contributed by atoms with Gasteiger partial charge in [-0.3, -0.25) is 9.59 Å². The number of nitrogens with one attached hydrogen (secondary N) is 1. The molecule has 0 unspecified atom stereocenters. The highest BCUT2D eigenvalue weighted by Gasteiger charge is 2.03. The van der Waals surface area contributed by atoms with E-state index in [2.05, 4.69) is 11.9 Å². The molecular formula is C12H17NO4. The Hall–Kier alpha value is -2.04. The van der Waals surface area contributed by atoms with Gasteiger partial charge in [-0.25, -0.2) is 0 Å². The second-order valence-corrected chi connectivity index (χ2v) is 3.12. The second-order valence-electron chi connectivity index (χ2n) is 3.12. The topological polar surface area (TPSA) is 64.6 Å². The zero-order chi connectivity index (χ0) is 13.3. The van der Waals surface area contributed by atoms with Crippen molar-refractivity contribution < 1.29 is 19.1 Å². The molecule has 0 aromatic heterocycles. The van der Waals surface area contributed by atoms with Gasteiger partial charge >= 0.3 is 0 Å². The lowest BCUT2D eigenvalue weighted by Gasteiger charge is -2.08. The molecule has 0 fully saturated rings. The van der Waals surface area contributed by atoms with Crippen molar-refractivity contribution in [3.8, 4) is 0 Å². The summed E-state index contributed by atoms with van der Waals surface area (Å²) < 4.78 is 9.93. The van der Waals surface area contributed by atoms with Crippen LogP contribution in [0.3, 0.4) is 0 Å². The number of rotatable bonds is 7. The molecule has 1 N–H and O–H groups in total. The minimum absolute atomic E-state index is 0.199. The van der Waals surface area contributed by atoms with Crippen LogP contribution in [0, 0.1) is 0 Å². The lowest BCUT2D eigenvalue weighted by Crippen LogP contribution is -2.26. The Balaban J connectivity index is 4.68. The first-order valence-electron chi connectivity index (χ1n) is 4.92. The standard InChI is InChI=1S/C12H17NO4/c1-9(16-3)5-6-11(10(2)17-4)7-13-12(15)8-14/h5-6,8H,1,7H2,2-4H3,(H,13,15)/b6-5-,11-10-. The van der Waals surface area contributed by atoms with Crippen molar-refractivity contribution >= 4 is 12.2 Å². The van der Waals surface area contributed by atoms with Crippen LogP contribution in [0.2, 0.25) is 0 Å². The van der Waals surface area contributed by atoms with Crippen LogP contribution in [-0.4, -0.2) is 33.0 Å². The van der Waals surface area contributed by atoms with Crippen LogP contribution in [0.1, 0.15) is 6.92 Å². The zero-order valence-corrected chi connectivity index (χ0v) is 10.3. The predicted octanol–water partition coefficient (Wildman–Crippen LogP) is 0.938. The summed E-state index contributed by atoms with van der Waals surface area (Å²) in [4.78, 5) is 21.0. The van der Waals surface area contributed by atoms with E-state index in [1.165, 1.54) is 14.2 Å². The molecule has 0 rings (SSSR count). The number of methoxy groups -OCH3 is 2. The quantitative estimate of drug-likeness (QED) is 0.311. The van der Waals surface area contributed by atoms with Crippen molar-refractivity contribution in [3.05, 3.63) is 35.8 Å². The third-order valence-electron chi connectivity index (χ3n) is 2.05. The van der Waals surface area contributed by atoms with Gasteiger partial charge in [0.25, 0.3) is 5.91 Å². The fourth-order valence-corrected chi connectivity index (χ4v) is 0.917. The summed E-state index contributed by atoms with van der Waals surface area (Å²) in [5, 5.41) is 2.42. The third kappa shape index (κ3) is 6.19. The Morgan fingerprint density at radius 1 is 1.29 bits per heavy atom. The molecule has 0 aliphatic carbocycles. The normalized spacial score (nSPS) is 11.7. The van der Waals surface area contributed by atoms with Crippen LogP contribution in [-0.2, 0) is 19.1 Å². The Kier molecular flexibility index (Phi) is 7.17. The first-order valence-corrected chi connectivity index (χ1v) is 4.92. The molecule has 5 nitrogen and oxygen atoms in total. The minimum atomic E-state index is -0.676. The first-order chi connectivity index (χ1) is 8.04. The summed E-state index contributed by atoms with van der Waals surface area (Å²) in [6.07, 6.45) is 3.57. The smallest absolute Gasteiger partial charge is 0.284 e. The molecule has 0 heterocycles. The van der Waals surface area contributed by atoms with E-state index in [1.807, 2.05) is 0 Å². The van der Waals surface area contributed by atoms with E-state index in [1.54, 1.807) is 19.1 Å². The molecule has 0 saturated heterocycles. The molecule has 5 heteroatoms. The molecule has 0 aromatic rings. The van der Waals surface area contributed by atoms with Crippen LogP contribution >= 0.6 is 0 Å². The maximum atomic E-state index is 10.8. The molecule has 0 aromatic carbocycles. The Morgan fingerprint density at radius 2 is 1.94 bits per heavy atom. The fraction of sp³-hybridized carbons (Fsp3) is 0.333. The fourth-order valence-electron chi connectivity index (χ4n) is 0.917. The average Bonchev–Trinajstić information content (AvgIpc) is 2.36. The van der Waals surface area contributed by atoms with Crippen molar-refractivity contribution in [2.24, 2.45) is 0 Å². The molecule has 1 amide bonds. The van der Waals surface area contributed by atoms with E-state index >= 15 is 0 Å². The summed E-state index contributed by atoms with van der Waals surface area (Å²) in [5.74, 6) is 0.440. The molecule has 0 bridgehead atoms. The number of amides is 1. The number of ether oxygens (including phenoxy) is 2. The third-order valence-corrected chi connectivity index (χ3v) is 2.05. The zero-order valence-electron chi connectivity index (χ0n) is 10.3. The van der Waals surface area contributed by atoms with Crippen LogP contribution in [0.5, 0.6) is 0 Å². The van der Waals surface area contributed by atoms with Gasteiger partial charge in [-0.1, -0.05) is 12.7 Å². The van der Waals surface area contributed by atoms with Crippen LogP contribution < -0.4 is 5.32 Å². The summed E-state index contributed by atoms with van der Waals surface area (Å²) in [7, 11) is 3.03. The number of hydrogen-bond acceptors (Lipinski definition) is 4. The first kappa shape index (κ1) is 15.0. The monoisotopic (exact) mass is 239 g/mol. The van der Waals surface area contributed by atoms with E-state index in [9.17, 15) is 9.59 Å². The lowest BCUT2D eigenvalue weighted by molar-refractivity contribution is -0.131. The van der Waals surface area contributed by atoms with Gasteiger partial charge in [-0.05, 0) is 13.0 Å². The highest BCUT2D eigenvalue weighted by Crippen LogP contribution is 2.07. The summed E-state index contributed by atoms with van der Waals surface area (Å²) in [6, 6.07) is 0. The minimum Gasteiger partial charge on any atom is -0.501 e.